The second-order valence-corrected chi connectivity index (χ2v) is 6.44. The van der Waals surface area contributed by atoms with Crippen LogP contribution in [0.4, 0.5) is 13.2 Å². The quantitative estimate of drug-likeness (QED) is 0.812. The first-order valence-electron chi connectivity index (χ1n) is 7.02. The lowest BCUT2D eigenvalue weighted by Gasteiger charge is -2.22. The Morgan fingerprint density at radius 1 is 1.18 bits per heavy atom. The van der Waals surface area contributed by atoms with Crippen LogP contribution in [0.1, 0.15) is 22.1 Å². The number of fused-ring (bicyclic) bond motifs is 1. The van der Waals surface area contributed by atoms with Gasteiger partial charge in [0.05, 0.1) is 5.56 Å². The van der Waals surface area contributed by atoms with Crippen molar-refractivity contribution in [2.45, 2.75) is 18.7 Å². The lowest BCUT2D eigenvalue weighted by molar-refractivity contribution is -0.137. The maximum absolute atomic E-state index is 12.6. The highest BCUT2D eigenvalue weighted by Gasteiger charge is 2.30. The van der Waals surface area contributed by atoms with E-state index in [0.29, 0.717) is 5.75 Å². The summed E-state index contributed by atoms with van der Waals surface area (Å²) in [6.45, 7) is 1.69. The molecule has 0 saturated carbocycles. The summed E-state index contributed by atoms with van der Waals surface area (Å²) in [5, 5.41) is 2.04. The second-order valence-electron chi connectivity index (χ2n) is 5.44. The van der Waals surface area contributed by atoms with Crippen LogP contribution in [0.2, 0.25) is 0 Å². The van der Waals surface area contributed by atoms with E-state index < -0.39 is 11.7 Å². The van der Waals surface area contributed by atoms with Gasteiger partial charge in [0.25, 0.3) is 0 Å². The first-order chi connectivity index (χ1) is 10.4. The number of halogens is 3. The second kappa shape index (κ2) is 5.93. The molecule has 0 fully saturated rings. The van der Waals surface area contributed by atoms with Gasteiger partial charge in [-0.2, -0.15) is 13.2 Å². The van der Waals surface area contributed by atoms with Gasteiger partial charge in [-0.15, -0.1) is 11.3 Å². The van der Waals surface area contributed by atoms with Crippen molar-refractivity contribution in [3.63, 3.8) is 0 Å². The minimum atomic E-state index is -4.32. The minimum absolute atomic E-state index is 0.148. The van der Waals surface area contributed by atoms with Crippen LogP contribution in [0.5, 0.6) is 5.75 Å². The number of likely N-dealkylation sites (N-methyl/N-ethyl adjacent to an activating group) is 1. The van der Waals surface area contributed by atoms with Crippen molar-refractivity contribution in [3.05, 3.63) is 51.7 Å². The fourth-order valence-electron chi connectivity index (χ4n) is 2.59. The molecule has 0 amide bonds. The highest BCUT2D eigenvalue weighted by Crippen LogP contribution is 2.33. The Bertz CT molecular complexity index is 636. The lowest BCUT2D eigenvalue weighted by atomic mass is 10.1. The van der Waals surface area contributed by atoms with Crippen molar-refractivity contribution in [2.24, 2.45) is 0 Å². The van der Waals surface area contributed by atoms with Crippen molar-refractivity contribution < 1.29 is 17.9 Å². The molecule has 0 saturated heterocycles. The topological polar surface area (TPSA) is 12.5 Å². The zero-order valence-corrected chi connectivity index (χ0v) is 12.9. The zero-order chi connectivity index (χ0) is 15.7. The maximum atomic E-state index is 12.6. The first-order valence-corrected chi connectivity index (χ1v) is 7.90. The fraction of sp³-hybridized carbons (Fsp3) is 0.375. The number of ether oxygens (including phenoxy) is 1. The molecule has 1 atom stereocenters. The predicted molar refractivity (Wildman–Crippen MR) is 80.3 cm³/mol. The molecule has 2 heterocycles. The van der Waals surface area contributed by atoms with E-state index >= 15 is 0 Å². The Balaban J connectivity index is 1.80. The molecule has 2 nitrogen and oxygen atoms in total. The summed E-state index contributed by atoms with van der Waals surface area (Å²) in [5.41, 5.74) is 0.489. The number of rotatable bonds is 2. The van der Waals surface area contributed by atoms with Crippen molar-refractivity contribution in [2.75, 3.05) is 20.1 Å². The average molecular weight is 327 g/mol. The summed E-state index contributed by atoms with van der Waals surface area (Å²) in [7, 11) is 2.03. The van der Waals surface area contributed by atoms with Gasteiger partial charge in [-0.25, -0.2) is 0 Å². The van der Waals surface area contributed by atoms with E-state index in [-0.39, 0.29) is 6.10 Å². The highest BCUT2D eigenvalue weighted by molar-refractivity contribution is 7.10. The molecule has 2 aromatic rings. The maximum Gasteiger partial charge on any atom is 0.416 e. The van der Waals surface area contributed by atoms with Crippen molar-refractivity contribution in [3.8, 4) is 5.75 Å². The Kier molecular flexibility index (Phi) is 4.14. The average Bonchev–Trinajstić information content (AvgIpc) is 2.87. The smallest absolute Gasteiger partial charge is 0.416 e. The first kappa shape index (κ1) is 15.4. The molecule has 0 spiro atoms. The Morgan fingerprint density at radius 2 is 1.91 bits per heavy atom. The summed E-state index contributed by atoms with van der Waals surface area (Å²) in [4.78, 5) is 3.47. The van der Waals surface area contributed by atoms with E-state index in [1.165, 1.54) is 17.0 Å². The van der Waals surface area contributed by atoms with Crippen LogP contribution in [0, 0.1) is 0 Å². The molecule has 0 aliphatic carbocycles. The van der Waals surface area contributed by atoms with Crippen LogP contribution in [0.25, 0.3) is 0 Å². The zero-order valence-electron chi connectivity index (χ0n) is 12.1. The van der Waals surface area contributed by atoms with Gasteiger partial charge in [-0.3, -0.25) is 0 Å². The standard InChI is InChI=1S/C16H16F3NOS/c1-20-8-6-15-13(7-9-22-15)14(10-20)21-12-4-2-11(3-5-12)16(17,18)19/h2-5,7,9,14H,6,8,10H2,1H3. The third-order valence-electron chi connectivity index (χ3n) is 3.78. The molecule has 0 N–H and O–H groups in total. The molecule has 6 heteroatoms. The van der Waals surface area contributed by atoms with Gasteiger partial charge in [-0.05, 0) is 49.2 Å². The third-order valence-corrected chi connectivity index (χ3v) is 4.78. The predicted octanol–water partition coefficient (Wildman–Crippen LogP) is 4.37. The number of benzene rings is 1. The van der Waals surface area contributed by atoms with Crippen LogP contribution in [0.15, 0.2) is 35.7 Å². The van der Waals surface area contributed by atoms with E-state index in [2.05, 4.69) is 4.90 Å². The van der Waals surface area contributed by atoms with Gasteiger partial charge < -0.3 is 9.64 Å². The number of hydrogen-bond donors (Lipinski definition) is 0. The van der Waals surface area contributed by atoms with Crippen LogP contribution in [0.3, 0.4) is 0 Å². The van der Waals surface area contributed by atoms with Gasteiger partial charge in [-0.1, -0.05) is 0 Å². The molecule has 0 radical (unpaired) electrons. The molecule has 1 aromatic carbocycles. The molecule has 22 heavy (non-hydrogen) atoms. The fourth-order valence-corrected chi connectivity index (χ4v) is 3.52. The van der Waals surface area contributed by atoms with Crippen molar-refractivity contribution >= 4 is 11.3 Å². The molecule has 1 aliphatic rings. The summed E-state index contributed by atoms with van der Waals surface area (Å²) in [5.74, 6) is 0.463. The minimum Gasteiger partial charge on any atom is -0.484 e. The molecular formula is C16H16F3NOS. The highest BCUT2D eigenvalue weighted by atomic mass is 32.1. The molecular weight excluding hydrogens is 311 g/mol. The number of alkyl halides is 3. The molecule has 1 aromatic heterocycles. The molecule has 3 rings (SSSR count). The van der Waals surface area contributed by atoms with Crippen LogP contribution >= 0.6 is 11.3 Å². The Morgan fingerprint density at radius 3 is 2.59 bits per heavy atom. The normalized spacial score (nSPS) is 19.5. The monoisotopic (exact) mass is 327 g/mol. The molecule has 1 unspecified atom stereocenters. The summed E-state index contributed by atoms with van der Waals surface area (Å²) < 4.78 is 43.7. The van der Waals surface area contributed by atoms with Crippen LogP contribution < -0.4 is 4.74 Å². The van der Waals surface area contributed by atoms with Gasteiger partial charge in [0, 0.05) is 23.5 Å². The number of thiophene rings is 1. The van der Waals surface area contributed by atoms with E-state index in [0.717, 1.165) is 37.2 Å². The van der Waals surface area contributed by atoms with Gasteiger partial charge in [0.1, 0.15) is 11.9 Å². The third kappa shape index (κ3) is 3.28. The van der Waals surface area contributed by atoms with Crippen molar-refractivity contribution in [1.29, 1.82) is 0 Å². The lowest BCUT2D eigenvalue weighted by Crippen LogP contribution is -2.26. The number of nitrogens with zero attached hydrogens (tertiary/aromatic N) is 1. The summed E-state index contributed by atoms with van der Waals surface area (Å²) in [6.07, 6.45) is -3.48. The summed E-state index contributed by atoms with van der Waals surface area (Å²) in [6, 6.07) is 6.95. The van der Waals surface area contributed by atoms with Crippen molar-refractivity contribution in [1.82, 2.24) is 4.90 Å². The van der Waals surface area contributed by atoms with Gasteiger partial charge in [0.2, 0.25) is 0 Å². The SMILES string of the molecule is CN1CCc2sccc2C(Oc2ccc(C(F)(F)F)cc2)C1. The van der Waals surface area contributed by atoms with Crippen LogP contribution in [-0.4, -0.2) is 25.0 Å². The largest absolute Gasteiger partial charge is 0.484 e. The Labute approximate surface area is 131 Å². The van der Waals surface area contributed by atoms with Gasteiger partial charge in [0.15, 0.2) is 0 Å². The van der Waals surface area contributed by atoms with Gasteiger partial charge >= 0.3 is 6.18 Å². The van der Waals surface area contributed by atoms with E-state index in [9.17, 15) is 13.2 Å². The van der Waals surface area contributed by atoms with E-state index in [4.69, 9.17) is 4.74 Å². The van der Waals surface area contributed by atoms with Crippen LogP contribution in [-0.2, 0) is 12.6 Å². The molecule has 1 aliphatic heterocycles. The summed E-state index contributed by atoms with van der Waals surface area (Å²) >= 11 is 1.71. The van der Waals surface area contributed by atoms with E-state index in [1.807, 2.05) is 18.5 Å². The van der Waals surface area contributed by atoms with E-state index in [1.54, 1.807) is 11.3 Å². The number of hydrogen-bond acceptors (Lipinski definition) is 3. The Hall–Kier alpha value is -1.53. The molecule has 0 bridgehead atoms. The molecule has 118 valence electrons.